The first-order chi connectivity index (χ1) is 8.99. The molecule has 1 aromatic heterocycles. The van der Waals surface area contributed by atoms with E-state index in [0.717, 1.165) is 5.69 Å². The molecule has 0 aliphatic carbocycles. The number of carbonyl (C=O) groups excluding carboxylic acids is 1. The predicted molar refractivity (Wildman–Crippen MR) is 74.8 cm³/mol. The Morgan fingerprint density at radius 2 is 2.11 bits per heavy atom. The minimum absolute atomic E-state index is 0.102. The molecular weight excluding hydrogens is 264 g/mol. The Morgan fingerprint density at radius 1 is 1.37 bits per heavy atom. The molecule has 0 unspecified atom stereocenters. The van der Waals surface area contributed by atoms with Crippen molar-refractivity contribution in [2.24, 2.45) is 0 Å². The maximum Gasteiger partial charge on any atom is 0.261 e. The average Bonchev–Trinajstić information content (AvgIpc) is 2.37. The van der Waals surface area contributed by atoms with E-state index < -0.39 is 0 Å². The molecule has 0 radical (unpaired) electrons. The average molecular weight is 277 g/mol. The van der Waals surface area contributed by atoms with Gasteiger partial charge in [-0.25, -0.2) is 0 Å². The van der Waals surface area contributed by atoms with Crippen LogP contribution in [0.5, 0.6) is 5.75 Å². The molecule has 0 aliphatic heterocycles. The van der Waals surface area contributed by atoms with Gasteiger partial charge in [-0.15, -0.1) is 0 Å². The zero-order valence-electron chi connectivity index (χ0n) is 10.6. The minimum atomic E-state index is -0.275. The summed E-state index contributed by atoms with van der Waals surface area (Å²) in [7, 11) is 1.62. The highest BCUT2D eigenvalue weighted by molar-refractivity contribution is 6.34. The van der Waals surface area contributed by atoms with Crippen molar-refractivity contribution in [3.8, 4) is 5.75 Å². The first kappa shape index (κ1) is 13.4. The fourth-order valence-electron chi connectivity index (χ4n) is 1.68. The van der Waals surface area contributed by atoms with Crippen molar-refractivity contribution in [1.29, 1.82) is 0 Å². The van der Waals surface area contributed by atoms with Gasteiger partial charge in [-0.05, 0) is 25.1 Å². The van der Waals surface area contributed by atoms with E-state index in [-0.39, 0.29) is 11.7 Å². The van der Waals surface area contributed by atoms with E-state index in [1.165, 1.54) is 17.2 Å². The Morgan fingerprint density at radius 3 is 2.74 bits per heavy atom. The van der Waals surface area contributed by atoms with Gasteiger partial charge < -0.3 is 10.0 Å². The van der Waals surface area contributed by atoms with Gasteiger partial charge in [0.25, 0.3) is 5.91 Å². The molecule has 1 amide bonds. The second-order valence-electron chi connectivity index (χ2n) is 4.19. The maximum absolute atomic E-state index is 12.3. The molecule has 1 aromatic carbocycles. The van der Waals surface area contributed by atoms with Crippen LogP contribution in [0.15, 0.2) is 36.5 Å². The van der Waals surface area contributed by atoms with Gasteiger partial charge in [-0.2, -0.15) is 0 Å². The minimum Gasteiger partial charge on any atom is -0.508 e. The zero-order chi connectivity index (χ0) is 14.0. The fraction of sp³-hybridized carbons (Fsp3) is 0.143. The van der Waals surface area contributed by atoms with E-state index in [9.17, 15) is 9.90 Å². The number of aryl methyl sites for hydroxylation is 1. The third-order valence-electron chi connectivity index (χ3n) is 2.74. The lowest BCUT2D eigenvalue weighted by Crippen LogP contribution is -2.26. The van der Waals surface area contributed by atoms with Crippen molar-refractivity contribution in [2.45, 2.75) is 6.92 Å². The van der Waals surface area contributed by atoms with E-state index in [4.69, 9.17) is 11.6 Å². The topological polar surface area (TPSA) is 53.4 Å². The van der Waals surface area contributed by atoms with E-state index in [1.807, 2.05) is 0 Å². The zero-order valence-corrected chi connectivity index (χ0v) is 11.3. The molecular formula is C14H13ClN2O2. The molecule has 0 saturated heterocycles. The van der Waals surface area contributed by atoms with Gasteiger partial charge in [0, 0.05) is 30.7 Å². The van der Waals surface area contributed by atoms with E-state index in [0.29, 0.717) is 16.3 Å². The van der Waals surface area contributed by atoms with Crippen molar-refractivity contribution in [2.75, 3.05) is 11.9 Å². The highest BCUT2D eigenvalue weighted by Crippen LogP contribution is 2.23. The molecule has 0 atom stereocenters. The van der Waals surface area contributed by atoms with Crippen LogP contribution in [-0.2, 0) is 0 Å². The molecule has 0 saturated carbocycles. The highest BCUT2D eigenvalue weighted by Gasteiger charge is 2.17. The Bertz CT molecular complexity index is 629. The predicted octanol–water partition coefficient (Wildman–Crippen LogP) is 3.03. The summed E-state index contributed by atoms with van der Waals surface area (Å²) in [6.45, 7) is 1.80. The van der Waals surface area contributed by atoms with Gasteiger partial charge in [-0.1, -0.05) is 17.7 Å². The Kier molecular flexibility index (Phi) is 3.71. The van der Waals surface area contributed by atoms with Crippen LogP contribution in [-0.4, -0.2) is 23.0 Å². The number of anilines is 1. The lowest BCUT2D eigenvalue weighted by molar-refractivity contribution is 0.0993. The first-order valence-electron chi connectivity index (χ1n) is 5.68. The van der Waals surface area contributed by atoms with Gasteiger partial charge in [0.05, 0.1) is 10.6 Å². The monoisotopic (exact) mass is 276 g/mol. The molecule has 4 nitrogen and oxygen atoms in total. The van der Waals surface area contributed by atoms with Gasteiger partial charge in [0.2, 0.25) is 0 Å². The molecule has 0 aliphatic rings. The SMILES string of the molecule is Cc1cc(Cl)c(C(=O)N(C)c2cccc(O)c2)cn1. The Hall–Kier alpha value is -2.07. The lowest BCUT2D eigenvalue weighted by Gasteiger charge is -2.18. The van der Waals surface area contributed by atoms with Crippen molar-refractivity contribution in [3.63, 3.8) is 0 Å². The summed E-state index contributed by atoms with van der Waals surface area (Å²) in [6.07, 6.45) is 1.46. The van der Waals surface area contributed by atoms with Crippen molar-refractivity contribution < 1.29 is 9.90 Å². The second-order valence-corrected chi connectivity index (χ2v) is 4.60. The largest absolute Gasteiger partial charge is 0.508 e. The number of rotatable bonds is 2. The van der Waals surface area contributed by atoms with E-state index in [1.54, 1.807) is 38.2 Å². The summed E-state index contributed by atoms with van der Waals surface area (Å²) >= 11 is 6.05. The number of aromatic hydroxyl groups is 1. The van der Waals surface area contributed by atoms with Crippen molar-refractivity contribution in [1.82, 2.24) is 4.98 Å². The van der Waals surface area contributed by atoms with Crippen LogP contribution < -0.4 is 4.90 Å². The first-order valence-corrected chi connectivity index (χ1v) is 6.06. The highest BCUT2D eigenvalue weighted by atomic mass is 35.5. The smallest absolute Gasteiger partial charge is 0.261 e. The molecule has 19 heavy (non-hydrogen) atoms. The second kappa shape index (κ2) is 5.28. The number of benzene rings is 1. The summed E-state index contributed by atoms with van der Waals surface area (Å²) in [5.41, 5.74) is 1.67. The van der Waals surface area contributed by atoms with Crippen molar-refractivity contribution >= 4 is 23.2 Å². The van der Waals surface area contributed by atoms with Gasteiger partial charge in [0.1, 0.15) is 5.75 Å². The summed E-state index contributed by atoms with van der Waals surface area (Å²) in [6, 6.07) is 8.09. The van der Waals surface area contributed by atoms with Crippen LogP contribution in [0, 0.1) is 6.92 Å². The number of phenols is 1. The van der Waals surface area contributed by atoms with Crippen LogP contribution in [0.3, 0.4) is 0 Å². The summed E-state index contributed by atoms with van der Waals surface area (Å²) < 4.78 is 0. The quantitative estimate of drug-likeness (QED) is 0.917. The van der Waals surface area contributed by atoms with Crippen LogP contribution in [0.1, 0.15) is 16.1 Å². The Labute approximate surface area is 116 Å². The Balaban J connectivity index is 2.33. The molecule has 1 heterocycles. The fourth-order valence-corrected chi connectivity index (χ4v) is 1.97. The molecule has 1 N–H and O–H groups in total. The lowest BCUT2D eigenvalue weighted by atomic mass is 10.2. The number of carbonyl (C=O) groups is 1. The maximum atomic E-state index is 12.3. The number of amides is 1. The third kappa shape index (κ3) is 2.85. The van der Waals surface area contributed by atoms with Crippen LogP contribution in [0.25, 0.3) is 0 Å². The number of nitrogens with zero attached hydrogens (tertiary/aromatic N) is 2. The van der Waals surface area contributed by atoms with Gasteiger partial charge in [-0.3, -0.25) is 9.78 Å². The summed E-state index contributed by atoms with van der Waals surface area (Å²) in [4.78, 5) is 17.8. The molecule has 2 rings (SSSR count). The summed E-state index contributed by atoms with van der Waals surface area (Å²) in [5, 5.41) is 9.79. The van der Waals surface area contributed by atoms with Crippen molar-refractivity contribution in [3.05, 3.63) is 52.8 Å². The van der Waals surface area contributed by atoms with Crippen LogP contribution in [0.2, 0.25) is 5.02 Å². The number of aromatic nitrogens is 1. The van der Waals surface area contributed by atoms with Gasteiger partial charge in [0.15, 0.2) is 0 Å². The molecule has 2 aromatic rings. The summed E-state index contributed by atoms with van der Waals surface area (Å²) in [5.74, 6) is -0.173. The van der Waals surface area contributed by atoms with Crippen LogP contribution >= 0.6 is 11.6 Å². The van der Waals surface area contributed by atoms with E-state index >= 15 is 0 Å². The number of phenolic OH excluding ortho intramolecular Hbond substituents is 1. The molecule has 98 valence electrons. The standard InChI is InChI=1S/C14H13ClN2O2/c1-9-6-13(15)12(8-16-9)14(19)17(2)10-4-3-5-11(18)7-10/h3-8,18H,1-2H3. The molecule has 0 fully saturated rings. The number of hydrogen-bond donors (Lipinski definition) is 1. The van der Waals surface area contributed by atoms with E-state index in [2.05, 4.69) is 4.98 Å². The normalized spacial score (nSPS) is 10.3. The molecule has 0 spiro atoms. The number of pyridine rings is 1. The number of hydrogen-bond acceptors (Lipinski definition) is 3. The molecule has 0 bridgehead atoms. The van der Waals surface area contributed by atoms with Crippen LogP contribution in [0.4, 0.5) is 5.69 Å². The van der Waals surface area contributed by atoms with Gasteiger partial charge >= 0.3 is 0 Å². The number of halogens is 1. The molecule has 5 heteroatoms. The third-order valence-corrected chi connectivity index (χ3v) is 3.05.